The maximum absolute atomic E-state index is 13.9. The van der Waals surface area contributed by atoms with E-state index in [9.17, 15) is 13.6 Å². The van der Waals surface area contributed by atoms with Gasteiger partial charge < -0.3 is 5.32 Å². The van der Waals surface area contributed by atoms with Crippen LogP contribution in [0.4, 0.5) is 8.78 Å². The lowest BCUT2D eigenvalue weighted by Crippen LogP contribution is -2.45. The Bertz CT molecular complexity index is 1350. The van der Waals surface area contributed by atoms with E-state index in [0.717, 1.165) is 27.7 Å². The first-order valence-electron chi connectivity index (χ1n) is 12.0. The molecule has 3 heterocycles. The van der Waals surface area contributed by atoms with Crippen molar-refractivity contribution >= 4 is 16.8 Å². The number of amides is 1. The van der Waals surface area contributed by atoms with Crippen molar-refractivity contribution in [1.29, 1.82) is 0 Å². The molecule has 1 N–H and O–H groups in total. The second-order valence-electron chi connectivity index (χ2n) is 9.15. The molecular weight excluding hydrogens is 460 g/mol. The maximum Gasteiger partial charge on any atom is 0.252 e. The monoisotopic (exact) mass is 487 g/mol. The van der Waals surface area contributed by atoms with Gasteiger partial charge in [-0.25, -0.2) is 18.7 Å². The average molecular weight is 488 g/mol. The first kappa shape index (κ1) is 23.9. The summed E-state index contributed by atoms with van der Waals surface area (Å²) in [6.07, 6.45) is 3.02. The van der Waals surface area contributed by atoms with Crippen LogP contribution in [0, 0.1) is 6.92 Å². The standard InChI is InChI=1S/C28H27F2N5O/c1-19-10-11-22-23(8-5-9-24(22)34-19)27(36)33-18-25(35-14-12-28(29,30)13-15-35)21-16-31-26(32-17-21)20-6-3-2-4-7-20/h2-11,16-17,25H,12-15,18H2,1H3,(H,33,36). The molecule has 2 aromatic carbocycles. The molecule has 0 bridgehead atoms. The number of alkyl halides is 2. The lowest BCUT2D eigenvalue weighted by Gasteiger charge is -2.37. The first-order valence-corrected chi connectivity index (χ1v) is 12.0. The third-order valence-corrected chi connectivity index (χ3v) is 6.63. The Hall–Kier alpha value is -3.78. The van der Waals surface area contributed by atoms with Gasteiger partial charge in [0.1, 0.15) is 0 Å². The van der Waals surface area contributed by atoms with Crippen LogP contribution in [0.3, 0.4) is 0 Å². The normalized spacial score (nSPS) is 16.5. The number of benzene rings is 2. The molecule has 2 aromatic heterocycles. The van der Waals surface area contributed by atoms with E-state index in [0.29, 0.717) is 11.4 Å². The number of nitrogens with zero attached hydrogens (tertiary/aromatic N) is 4. The number of halogens is 2. The average Bonchev–Trinajstić information content (AvgIpc) is 2.89. The number of carbonyl (C=O) groups excluding carboxylic acids is 1. The van der Waals surface area contributed by atoms with Crippen LogP contribution in [0.25, 0.3) is 22.3 Å². The molecule has 6 nitrogen and oxygen atoms in total. The Morgan fingerprint density at radius 3 is 2.44 bits per heavy atom. The molecule has 1 amide bonds. The predicted octanol–water partition coefficient (Wildman–Crippen LogP) is 5.20. The van der Waals surface area contributed by atoms with E-state index in [1.807, 2.05) is 66.4 Å². The highest BCUT2D eigenvalue weighted by Crippen LogP contribution is 2.32. The van der Waals surface area contributed by atoms with E-state index in [1.165, 1.54) is 0 Å². The molecular formula is C28H27F2N5O. The van der Waals surface area contributed by atoms with Crippen LogP contribution in [0.15, 0.2) is 73.1 Å². The van der Waals surface area contributed by atoms with Gasteiger partial charge in [0.05, 0.1) is 11.6 Å². The molecule has 1 aliphatic heterocycles. The van der Waals surface area contributed by atoms with Crippen LogP contribution < -0.4 is 5.32 Å². The summed E-state index contributed by atoms with van der Waals surface area (Å²) in [6.45, 7) is 2.61. The van der Waals surface area contributed by atoms with E-state index < -0.39 is 5.92 Å². The van der Waals surface area contributed by atoms with Crippen molar-refractivity contribution in [3.05, 3.63) is 89.9 Å². The first-order chi connectivity index (χ1) is 17.4. The minimum Gasteiger partial charge on any atom is -0.350 e. The fourth-order valence-corrected chi connectivity index (χ4v) is 4.61. The number of nitrogens with one attached hydrogen (secondary N) is 1. The number of hydrogen-bond donors (Lipinski definition) is 1. The summed E-state index contributed by atoms with van der Waals surface area (Å²) < 4.78 is 27.7. The van der Waals surface area contributed by atoms with E-state index in [4.69, 9.17) is 0 Å². The number of likely N-dealkylation sites (tertiary alicyclic amines) is 1. The van der Waals surface area contributed by atoms with Gasteiger partial charge in [0.2, 0.25) is 0 Å². The van der Waals surface area contributed by atoms with E-state index in [2.05, 4.69) is 20.3 Å². The summed E-state index contributed by atoms with van der Waals surface area (Å²) >= 11 is 0. The molecule has 1 saturated heterocycles. The number of rotatable bonds is 6. The summed E-state index contributed by atoms with van der Waals surface area (Å²) in [6, 6.07) is 18.5. The van der Waals surface area contributed by atoms with Crippen LogP contribution in [-0.2, 0) is 0 Å². The highest BCUT2D eigenvalue weighted by atomic mass is 19.3. The molecule has 8 heteroatoms. The summed E-state index contributed by atoms with van der Waals surface area (Å²) in [5.74, 6) is -2.31. The van der Waals surface area contributed by atoms with Crippen molar-refractivity contribution in [3.63, 3.8) is 0 Å². The zero-order valence-corrected chi connectivity index (χ0v) is 20.0. The zero-order valence-electron chi connectivity index (χ0n) is 20.0. The number of aryl methyl sites for hydroxylation is 1. The summed E-state index contributed by atoms with van der Waals surface area (Å²) in [5.41, 5.74) is 3.82. The molecule has 1 aliphatic rings. The van der Waals surface area contributed by atoms with Crippen molar-refractivity contribution in [2.45, 2.75) is 31.7 Å². The number of piperidine rings is 1. The Balaban J connectivity index is 1.38. The second-order valence-corrected chi connectivity index (χ2v) is 9.15. The summed E-state index contributed by atoms with van der Waals surface area (Å²) in [5, 5.41) is 3.79. The molecule has 1 fully saturated rings. The molecule has 184 valence electrons. The molecule has 0 saturated carbocycles. The quantitative estimate of drug-likeness (QED) is 0.405. The van der Waals surface area contributed by atoms with Crippen molar-refractivity contribution < 1.29 is 13.6 Å². The predicted molar refractivity (Wildman–Crippen MR) is 135 cm³/mol. The molecule has 1 atom stereocenters. The van der Waals surface area contributed by atoms with Gasteiger partial charge in [-0.1, -0.05) is 42.5 Å². The number of fused-ring (bicyclic) bond motifs is 1. The van der Waals surface area contributed by atoms with Gasteiger partial charge in [-0.2, -0.15) is 0 Å². The van der Waals surface area contributed by atoms with Crippen LogP contribution in [0.5, 0.6) is 0 Å². The number of aromatic nitrogens is 3. The van der Waals surface area contributed by atoms with Crippen LogP contribution in [-0.4, -0.2) is 51.3 Å². The Morgan fingerprint density at radius 2 is 1.72 bits per heavy atom. The molecule has 0 radical (unpaired) electrons. The smallest absolute Gasteiger partial charge is 0.252 e. The number of hydrogen-bond acceptors (Lipinski definition) is 5. The van der Waals surface area contributed by atoms with Gasteiger partial charge >= 0.3 is 0 Å². The van der Waals surface area contributed by atoms with Gasteiger partial charge in [-0.05, 0) is 25.1 Å². The molecule has 36 heavy (non-hydrogen) atoms. The number of carbonyl (C=O) groups is 1. The van der Waals surface area contributed by atoms with Gasteiger partial charge in [0, 0.05) is 72.6 Å². The van der Waals surface area contributed by atoms with Gasteiger partial charge in [0.25, 0.3) is 11.8 Å². The zero-order chi connectivity index (χ0) is 25.1. The fraction of sp³-hybridized carbons (Fsp3) is 0.286. The molecule has 5 rings (SSSR count). The highest BCUT2D eigenvalue weighted by molar-refractivity contribution is 6.06. The van der Waals surface area contributed by atoms with E-state index in [-0.39, 0.29) is 44.4 Å². The third kappa shape index (κ3) is 5.23. The minimum absolute atomic E-state index is 0.214. The molecule has 0 spiro atoms. The SMILES string of the molecule is Cc1ccc2c(C(=O)NCC(c3cnc(-c4ccccc4)nc3)N3CCC(F)(F)CC3)cccc2n1. The van der Waals surface area contributed by atoms with Crippen molar-refractivity contribution in [3.8, 4) is 11.4 Å². The van der Waals surface area contributed by atoms with Crippen molar-refractivity contribution in [2.24, 2.45) is 0 Å². The molecule has 1 unspecified atom stereocenters. The van der Waals surface area contributed by atoms with Crippen molar-refractivity contribution in [2.75, 3.05) is 19.6 Å². The Labute approximate surface area is 208 Å². The van der Waals surface area contributed by atoms with Crippen molar-refractivity contribution in [1.82, 2.24) is 25.2 Å². The largest absolute Gasteiger partial charge is 0.350 e. The topological polar surface area (TPSA) is 71.0 Å². The Kier molecular flexibility index (Phi) is 6.69. The summed E-state index contributed by atoms with van der Waals surface area (Å²) in [4.78, 5) is 28.7. The maximum atomic E-state index is 13.9. The Morgan fingerprint density at radius 1 is 1.00 bits per heavy atom. The third-order valence-electron chi connectivity index (χ3n) is 6.63. The lowest BCUT2D eigenvalue weighted by atomic mass is 10.0. The highest BCUT2D eigenvalue weighted by Gasteiger charge is 2.37. The fourth-order valence-electron chi connectivity index (χ4n) is 4.61. The van der Waals surface area contributed by atoms with E-state index in [1.54, 1.807) is 18.5 Å². The van der Waals surface area contributed by atoms with Gasteiger partial charge in [-0.3, -0.25) is 14.7 Å². The van der Waals surface area contributed by atoms with Crippen LogP contribution >= 0.6 is 0 Å². The lowest BCUT2D eigenvalue weighted by molar-refractivity contribution is -0.0632. The van der Waals surface area contributed by atoms with E-state index >= 15 is 0 Å². The molecule has 4 aromatic rings. The summed E-state index contributed by atoms with van der Waals surface area (Å²) in [7, 11) is 0. The van der Waals surface area contributed by atoms with Gasteiger partial charge in [0.15, 0.2) is 5.82 Å². The van der Waals surface area contributed by atoms with Crippen LogP contribution in [0.1, 0.15) is 40.5 Å². The number of pyridine rings is 1. The second kappa shape index (κ2) is 10.1. The van der Waals surface area contributed by atoms with Crippen LogP contribution in [0.2, 0.25) is 0 Å². The molecule has 0 aliphatic carbocycles. The minimum atomic E-state index is -2.66. The van der Waals surface area contributed by atoms with Gasteiger partial charge in [-0.15, -0.1) is 0 Å².